The van der Waals surface area contributed by atoms with Crippen LogP contribution in [0.1, 0.15) is 25.7 Å². The lowest BCUT2D eigenvalue weighted by atomic mass is 9.83. The van der Waals surface area contributed by atoms with Crippen LogP contribution in [0.4, 0.5) is 0 Å². The largest absolute Gasteiger partial charge is 0.328 e. The third kappa shape index (κ3) is 2.15. The van der Waals surface area contributed by atoms with Crippen LogP contribution in [0.3, 0.4) is 0 Å². The normalized spacial score (nSPS) is 31.4. The molecule has 0 saturated heterocycles. The summed E-state index contributed by atoms with van der Waals surface area (Å²) in [7, 11) is 0. The fraction of sp³-hybridized carbons (Fsp3) is 0.667. The molecule has 0 amide bonds. The number of carbonyl (C=O) groups excluding carboxylic acids is 1. The SMILES string of the molecule is C=CC(=O)[C@H]1CCC[C@@H](N)C1. The number of hydrogen-bond acceptors (Lipinski definition) is 2. The molecule has 62 valence electrons. The Morgan fingerprint density at radius 2 is 2.27 bits per heavy atom. The van der Waals surface area contributed by atoms with Crippen LogP contribution in [0.2, 0.25) is 0 Å². The quantitative estimate of drug-likeness (QED) is 0.607. The summed E-state index contributed by atoms with van der Waals surface area (Å²) in [6.07, 6.45) is 5.43. The van der Waals surface area contributed by atoms with Crippen molar-refractivity contribution in [3.63, 3.8) is 0 Å². The van der Waals surface area contributed by atoms with Crippen LogP contribution in [0.5, 0.6) is 0 Å². The zero-order valence-corrected chi connectivity index (χ0v) is 6.75. The minimum absolute atomic E-state index is 0.163. The molecule has 1 aliphatic rings. The highest BCUT2D eigenvalue weighted by atomic mass is 16.1. The van der Waals surface area contributed by atoms with Crippen molar-refractivity contribution in [2.75, 3.05) is 0 Å². The van der Waals surface area contributed by atoms with E-state index in [1.165, 1.54) is 6.08 Å². The maximum absolute atomic E-state index is 11.1. The average Bonchev–Trinajstić information content (AvgIpc) is 2.03. The van der Waals surface area contributed by atoms with Crippen LogP contribution in [0, 0.1) is 5.92 Å². The van der Waals surface area contributed by atoms with Gasteiger partial charge in [-0.3, -0.25) is 4.79 Å². The molecule has 1 aliphatic carbocycles. The lowest BCUT2D eigenvalue weighted by Gasteiger charge is -2.24. The predicted molar refractivity (Wildman–Crippen MR) is 45.1 cm³/mol. The van der Waals surface area contributed by atoms with Crippen LogP contribution >= 0.6 is 0 Å². The van der Waals surface area contributed by atoms with E-state index < -0.39 is 0 Å². The second-order valence-corrected chi connectivity index (χ2v) is 3.23. The van der Waals surface area contributed by atoms with E-state index >= 15 is 0 Å². The summed E-state index contributed by atoms with van der Waals surface area (Å²) in [6.45, 7) is 3.47. The zero-order valence-electron chi connectivity index (χ0n) is 6.75. The zero-order chi connectivity index (χ0) is 8.27. The Morgan fingerprint density at radius 3 is 2.82 bits per heavy atom. The van der Waals surface area contributed by atoms with Crippen LogP contribution in [0.15, 0.2) is 12.7 Å². The molecule has 2 atom stereocenters. The molecule has 0 aromatic carbocycles. The second kappa shape index (κ2) is 3.67. The van der Waals surface area contributed by atoms with Gasteiger partial charge in [0.1, 0.15) is 0 Å². The minimum Gasteiger partial charge on any atom is -0.328 e. The first-order valence-electron chi connectivity index (χ1n) is 4.16. The van der Waals surface area contributed by atoms with E-state index in [0.29, 0.717) is 0 Å². The van der Waals surface area contributed by atoms with Gasteiger partial charge in [0.05, 0.1) is 0 Å². The highest BCUT2D eigenvalue weighted by molar-refractivity contribution is 5.91. The maximum atomic E-state index is 11.1. The summed E-state index contributed by atoms with van der Waals surface area (Å²) < 4.78 is 0. The van der Waals surface area contributed by atoms with Gasteiger partial charge in [0.25, 0.3) is 0 Å². The molecular formula is C9H15NO. The molecule has 1 rings (SSSR count). The molecule has 1 fully saturated rings. The van der Waals surface area contributed by atoms with Gasteiger partial charge >= 0.3 is 0 Å². The summed E-state index contributed by atoms with van der Waals surface area (Å²) in [5, 5.41) is 0. The highest BCUT2D eigenvalue weighted by Crippen LogP contribution is 2.23. The maximum Gasteiger partial charge on any atom is 0.158 e. The van der Waals surface area contributed by atoms with E-state index in [0.717, 1.165) is 25.7 Å². The molecule has 0 heterocycles. The molecule has 11 heavy (non-hydrogen) atoms. The Kier molecular flexibility index (Phi) is 2.83. The Bertz CT molecular complexity index is 165. The standard InChI is InChI=1S/C9H15NO/c1-2-9(11)7-4-3-5-8(10)6-7/h2,7-8H,1,3-6,10H2/t7-,8+/m0/s1. The minimum atomic E-state index is 0.163. The van der Waals surface area contributed by atoms with Crippen molar-refractivity contribution in [3.8, 4) is 0 Å². The number of hydrogen-bond donors (Lipinski definition) is 1. The van der Waals surface area contributed by atoms with E-state index in [2.05, 4.69) is 6.58 Å². The molecule has 0 bridgehead atoms. The van der Waals surface area contributed by atoms with Gasteiger partial charge in [-0.1, -0.05) is 13.0 Å². The van der Waals surface area contributed by atoms with Crippen molar-refractivity contribution in [1.82, 2.24) is 0 Å². The molecular weight excluding hydrogens is 138 g/mol. The first-order valence-corrected chi connectivity index (χ1v) is 4.16. The Morgan fingerprint density at radius 1 is 1.55 bits per heavy atom. The lowest BCUT2D eigenvalue weighted by molar-refractivity contribution is -0.119. The first kappa shape index (κ1) is 8.47. The molecule has 0 aromatic rings. The van der Waals surface area contributed by atoms with Gasteiger partial charge < -0.3 is 5.73 Å². The smallest absolute Gasteiger partial charge is 0.158 e. The summed E-state index contributed by atoms with van der Waals surface area (Å²) in [6, 6.07) is 0.234. The van der Waals surface area contributed by atoms with E-state index in [1.807, 2.05) is 0 Å². The van der Waals surface area contributed by atoms with Crippen LogP contribution in [-0.2, 0) is 4.79 Å². The van der Waals surface area contributed by atoms with E-state index in [4.69, 9.17) is 5.73 Å². The van der Waals surface area contributed by atoms with Crippen LogP contribution in [0.25, 0.3) is 0 Å². The molecule has 2 nitrogen and oxygen atoms in total. The molecule has 2 heteroatoms. The van der Waals surface area contributed by atoms with Gasteiger partial charge in [-0.15, -0.1) is 0 Å². The first-order chi connectivity index (χ1) is 5.24. The molecule has 0 spiro atoms. The molecule has 0 aromatic heterocycles. The van der Waals surface area contributed by atoms with Gasteiger partial charge in [0.2, 0.25) is 0 Å². The molecule has 1 saturated carbocycles. The summed E-state index contributed by atoms with van der Waals surface area (Å²) in [5.74, 6) is 0.330. The number of nitrogens with two attached hydrogens (primary N) is 1. The molecule has 0 aliphatic heterocycles. The number of carbonyl (C=O) groups is 1. The van der Waals surface area contributed by atoms with Gasteiger partial charge in [-0.25, -0.2) is 0 Å². The third-order valence-electron chi connectivity index (χ3n) is 2.32. The van der Waals surface area contributed by atoms with Crippen molar-refractivity contribution in [1.29, 1.82) is 0 Å². The Balaban J connectivity index is 2.45. The van der Waals surface area contributed by atoms with Gasteiger partial charge in [0, 0.05) is 12.0 Å². The van der Waals surface area contributed by atoms with E-state index in [9.17, 15) is 4.79 Å². The molecule has 0 radical (unpaired) electrons. The van der Waals surface area contributed by atoms with Crippen molar-refractivity contribution in [2.24, 2.45) is 11.7 Å². The summed E-state index contributed by atoms with van der Waals surface area (Å²) in [5.41, 5.74) is 5.73. The van der Waals surface area contributed by atoms with Crippen molar-refractivity contribution in [3.05, 3.63) is 12.7 Å². The number of rotatable bonds is 2. The molecule has 2 N–H and O–H groups in total. The van der Waals surface area contributed by atoms with Crippen LogP contribution in [-0.4, -0.2) is 11.8 Å². The summed E-state index contributed by atoms with van der Waals surface area (Å²) >= 11 is 0. The number of allylic oxidation sites excluding steroid dienone is 1. The van der Waals surface area contributed by atoms with Gasteiger partial charge in [0.15, 0.2) is 5.78 Å². The Hall–Kier alpha value is -0.630. The van der Waals surface area contributed by atoms with E-state index in [1.54, 1.807) is 0 Å². The topological polar surface area (TPSA) is 43.1 Å². The summed E-state index contributed by atoms with van der Waals surface area (Å²) in [4.78, 5) is 11.1. The van der Waals surface area contributed by atoms with Crippen molar-refractivity contribution >= 4 is 5.78 Å². The van der Waals surface area contributed by atoms with Gasteiger partial charge in [-0.2, -0.15) is 0 Å². The van der Waals surface area contributed by atoms with Crippen LogP contribution < -0.4 is 5.73 Å². The lowest BCUT2D eigenvalue weighted by Crippen LogP contribution is -2.30. The predicted octanol–water partition coefficient (Wildman–Crippen LogP) is 1.26. The van der Waals surface area contributed by atoms with Crippen molar-refractivity contribution in [2.45, 2.75) is 31.7 Å². The fourth-order valence-electron chi connectivity index (χ4n) is 1.65. The monoisotopic (exact) mass is 153 g/mol. The van der Waals surface area contributed by atoms with Crippen molar-refractivity contribution < 1.29 is 4.79 Å². The van der Waals surface area contributed by atoms with E-state index in [-0.39, 0.29) is 17.7 Å². The third-order valence-corrected chi connectivity index (χ3v) is 2.32. The molecule has 0 unspecified atom stereocenters. The highest BCUT2D eigenvalue weighted by Gasteiger charge is 2.22. The second-order valence-electron chi connectivity index (χ2n) is 3.23. The number of ketones is 1. The Labute approximate surface area is 67.5 Å². The fourth-order valence-corrected chi connectivity index (χ4v) is 1.65. The van der Waals surface area contributed by atoms with Gasteiger partial charge in [-0.05, 0) is 25.3 Å². The average molecular weight is 153 g/mol.